The van der Waals surface area contributed by atoms with Crippen LogP contribution in [0.5, 0.6) is 0 Å². The Morgan fingerprint density at radius 3 is 2.61 bits per heavy atom. The van der Waals surface area contributed by atoms with Crippen LogP contribution in [0.4, 0.5) is 10.8 Å². The van der Waals surface area contributed by atoms with Crippen LogP contribution in [0.2, 0.25) is 0 Å². The van der Waals surface area contributed by atoms with Crippen LogP contribution >= 0.6 is 0 Å². The fourth-order valence-electron chi connectivity index (χ4n) is 4.39. The molecule has 1 aliphatic rings. The third kappa shape index (κ3) is 8.56. The quantitative estimate of drug-likeness (QED) is 0.342. The van der Waals surface area contributed by atoms with Gasteiger partial charge in [0.25, 0.3) is 6.01 Å². The van der Waals surface area contributed by atoms with Crippen molar-refractivity contribution in [2.45, 2.75) is 97.5 Å². The van der Waals surface area contributed by atoms with Gasteiger partial charge in [-0.15, -0.1) is 0 Å². The van der Waals surface area contributed by atoms with E-state index in [1.807, 2.05) is 26.8 Å². The van der Waals surface area contributed by atoms with E-state index in [0.717, 1.165) is 37.0 Å². The number of unbranched alkanes of at least 4 members (excludes halogenated alkanes) is 7. The smallest absolute Gasteiger partial charge is 0.410 e. The number of aromatic nitrogens is 1. The van der Waals surface area contributed by atoms with Gasteiger partial charge in [-0.05, 0) is 63.6 Å². The molecule has 6 heteroatoms. The molecule has 0 saturated carbocycles. The van der Waals surface area contributed by atoms with Crippen LogP contribution in [0.15, 0.2) is 22.6 Å². The molecule has 0 unspecified atom stereocenters. The van der Waals surface area contributed by atoms with Gasteiger partial charge in [0.05, 0.1) is 0 Å². The molecular weight excluding hydrogens is 414 g/mol. The van der Waals surface area contributed by atoms with E-state index in [1.54, 1.807) is 4.90 Å². The second kappa shape index (κ2) is 12.3. The summed E-state index contributed by atoms with van der Waals surface area (Å²) < 4.78 is 11.4. The standard InChI is InChI=1S/C27H43N3O3/c1-5-6-7-8-9-10-11-12-13-21-14-15-24-23(18-21)29-25(32-24)28-19-22-16-17-30(20-22)26(31)33-27(2,3)4/h14-15,18,22H,5-13,16-17,19-20H2,1-4H3,(H,28,29)/t22-/m1/s1. The van der Waals surface area contributed by atoms with Gasteiger partial charge in [0.1, 0.15) is 11.1 Å². The molecule has 1 aliphatic heterocycles. The molecular formula is C27H43N3O3. The van der Waals surface area contributed by atoms with Crippen molar-refractivity contribution in [2.24, 2.45) is 5.92 Å². The van der Waals surface area contributed by atoms with Gasteiger partial charge >= 0.3 is 6.09 Å². The molecule has 1 amide bonds. The number of oxazole rings is 1. The summed E-state index contributed by atoms with van der Waals surface area (Å²) in [5.41, 5.74) is 2.60. The van der Waals surface area contributed by atoms with E-state index in [4.69, 9.17) is 9.15 Å². The maximum Gasteiger partial charge on any atom is 0.410 e. The summed E-state index contributed by atoms with van der Waals surface area (Å²) in [6.07, 6.45) is 12.5. The van der Waals surface area contributed by atoms with Gasteiger partial charge in [-0.25, -0.2) is 4.79 Å². The van der Waals surface area contributed by atoms with E-state index < -0.39 is 5.60 Å². The molecule has 6 nitrogen and oxygen atoms in total. The first-order chi connectivity index (χ1) is 15.8. The highest BCUT2D eigenvalue weighted by atomic mass is 16.6. The fraction of sp³-hybridized carbons (Fsp3) is 0.704. The number of amides is 1. The number of ether oxygens (including phenoxy) is 1. The Morgan fingerprint density at radius 2 is 1.88 bits per heavy atom. The minimum Gasteiger partial charge on any atom is -0.444 e. The zero-order valence-electron chi connectivity index (χ0n) is 21.1. The van der Waals surface area contributed by atoms with Gasteiger partial charge in [0.2, 0.25) is 0 Å². The van der Waals surface area contributed by atoms with Crippen LogP contribution in [0.25, 0.3) is 11.1 Å². The molecule has 184 valence electrons. The van der Waals surface area contributed by atoms with Crippen LogP contribution in [0.3, 0.4) is 0 Å². The lowest BCUT2D eigenvalue weighted by molar-refractivity contribution is 0.0289. The zero-order chi connectivity index (χ0) is 23.7. The molecule has 0 aliphatic carbocycles. The van der Waals surface area contributed by atoms with Crippen LogP contribution in [-0.2, 0) is 11.2 Å². The van der Waals surface area contributed by atoms with E-state index in [2.05, 4.69) is 29.4 Å². The number of benzene rings is 1. The zero-order valence-corrected chi connectivity index (χ0v) is 21.1. The van der Waals surface area contributed by atoms with E-state index >= 15 is 0 Å². The highest BCUT2D eigenvalue weighted by Crippen LogP contribution is 2.24. The number of carbonyl (C=O) groups is 1. The maximum atomic E-state index is 12.2. The van der Waals surface area contributed by atoms with Crippen molar-refractivity contribution >= 4 is 23.2 Å². The van der Waals surface area contributed by atoms with Crippen molar-refractivity contribution in [1.29, 1.82) is 0 Å². The number of aryl methyl sites for hydroxylation is 1. The highest BCUT2D eigenvalue weighted by molar-refractivity contribution is 5.75. The number of nitrogens with one attached hydrogen (secondary N) is 1. The molecule has 2 aromatic rings. The molecule has 3 rings (SSSR count). The van der Waals surface area contributed by atoms with Crippen molar-refractivity contribution < 1.29 is 13.9 Å². The molecule has 1 saturated heterocycles. The summed E-state index contributed by atoms with van der Waals surface area (Å²) in [5, 5.41) is 3.33. The highest BCUT2D eigenvalue weighted by Gasteiger charge is 2.29. The Bertz CT molecular complexity index is 871. The molecule has 0 radical (unpaired) electrons. The minimum absolute atomic E-state index is 0.226. The normalized spacial score (nSPS) is 16.5. The number of likely N-dealkylation sites (tertiary alicyclic amines) is 1. The van der Waals surface area contributed by atoms with Crippen molar-refractivity contribution in [2.75, 3.05) is 25.0 Å². The summed E-state index contributed by atoms with van der Waals surface area (Å²) in [6.45, 7) is 10.1. The molecule has 1 aromatic carbocycles. The largest absolute Gasteiger partial charge is 0.444 e. The average molecular weight is 458 g/mol. The summed E-state index contributed by atoms with van der Waals surface area (Å²) in [5.74, 6) is 0.366. The number of carbonyl (C=O) groups excluding carboxylic acids is 1. The molecule has 0 spiro atoms. The van der Waals surface area contributed by atoms with Crippen LogP contribution in [0, 0.1) is 5.92 Å². The SMILES string of the molecule is CCCCCCCCCCc1ccc2oc(NC[C@H]3CCN(C(=O)OC(C)(C)C)C3)nc2c1. The molecule has 33 heavy (non-hydrogen) atoms. The molecule has 1 atom stereocenters. The third-order valence-corrected chi connectivity index (χ3v) is 6.25. The molecule has 1 N–H and O–H groups in total. The number of hydrogen-bond donors (Lipinski definition) is 1. The second-order valence-corrected chi connectivity index (χ2v) is 10.5. The van der Waals surface area contributed by atoms with Crippen molar-refractivity contribution in [3.8, 4) is 0 Å². The predicted octanol–water partition coefficient (Wildman–Crippen LogP) is 7.18. The maximum absolute atomic E-state index is 12.2. The number of nitrogens with zero attached hydrogens (tertiary/aromatic N) is 2. The molecule has 1 fully saturated rings. The summed E-state index contributed by atoms with van der Waals surface area (Å²) >= 11 is 0. The van der Waals surface area contributed by atoms with Gasteiger partial charge < -0.3 is 19.4 Å². The molecule has 2 heterocycles. The molecule has 1 aromatic heterocycles. The summed E-state index contributed by atoms with van der Waals surface area (Å²) in [6, 6.07) is 6.91. The summed E-state index contributed by atoms with van der Waals surface area (Å²) in [7, 11) is 0. The monoisotopic (exact) mass is 457 g/mol. The Morgan fingerprint density at radius 1 is 1.15 bits per heavy atom. The summed E-state index contributed by atoms with van der Waals surface area (Å²) in [4.78, 5) is 18.7. The van der Waals surface area contributed by atoms with E-state index in [1.165, 1.54) is 56.9 Å². The number of hydrogen-bond acceptors (Lipinski definition) is 5. The first kappa shape index (κ1) is 25.4. The Labute approximate surface area is 199 Å². The lowest BCUT2D eigenvalue weighted by Gasteiger charge is -2.24. The van der Waals surface area contributed by atoms with Crippen molar-refractivity contribution in [3.63, 3.8) is 0 Å². The second-order valence-electron chi connectivity index (χ2n) is 10.5. The Kier molecular flexibility index (Phi) is 9.45. The lowest BCUT2D eigenvalue weighted by Crippen LogP contribution is -2.35. The van der Waals surface area contributed by atoms with Crippen LogP contribution in [-0.4, -0.2) is 41.2 Å². The van der Waals surface area contributed by atoms with Gasteiger partial charge in [-0.1, -0.05) is 57.9 Å². The van der Waals surface area contributed by atoms with Crippen LogP contribution < -0.4 is 5.32 Å². The van der Waals surface area contributed by atoms with E-state index in [-0.39, 0.29) is 6.09 Å². The van der Waals surface area contributed by atoms with Gasteiger partial charge in [-0.3, -0.25) is 0 Å². The first-order valence-electron chi connectivity index (χ1n) is 13.0. The number of fused-ring (bicyclic) bond motifs is 1. The Hall–Kier alpha value is -2.24. The van der Waals surface area contributed by atoms with Crippen LogP contribution in [0.1, 0.15) is 91.0 Å². The van der Waals surface area contributed by atoms with Gasteiger partial charge in [0, 0.05) is 19.6 Å². The molecule has 0 bridgehead atoms. The third-order valence-electron chi connectivity index (χ3n) is 6.25. The minimum atomic E-state index is -0.460. The number of rotatable bonds is 12. The topological polar surface area (TPSA) is 67.6 Å². The van der Waals surface area contributed by atoms with Crippen molar-refractivity contribution in [3.05, 3.63) is 23.8 Å². The average Bonchev–Trinajstić information content (AvgIpc) is 3.39. The van der Waals surface area contributed by atoms with Gasteiger partial charge in [0.15, 0.2) is 5.58 Å². The van der Waals surface area contributed by atoms with Gasteiger partial charge in [-0.2, -0.15) is 4.98 Å². The van der Waals surface area contributed by atoms with Crippen molar-refractivity contribution in [1.82, 2.24) is 9.88 Å². The fourth-order valence-corrected chi connectivity index (χ4v) is 4.39. The van der Waals surface area contributed by atoms with E-state index in [9.17, 15) is 4.79 Å². The lowest BCUT2D eigenvalue weighted by atomic mass is 10.0. The van der Waals surface area contributed by atoms with E-state index in [0.29, 0.717) is 18.5 Å². The predicted molar refractivity (Wildman–Crippen MR) is 135 cm³/mol. The Balaban J connectivity index is 1.39. The first-order valence-corrected chi connectivity index (χ1v) is 13.0. The number of anilines is 1.